The summed E-state index contributed by atoms with van der Waals surface area (Å²) < 4.78 is 5.57. The highest BCUT2D eigenvalue weighted by Crippen LogP contribution is 2.42. The van der Waals surface area contributed by atoms with Crippen LogP contribution in [0.5, 0.6) is 0 Å². The third kappa shape index (κ3) is 5.34. The van der Waals surface area contributed by atoms with Gasteiger partial charge >= 0.3 is 0 Å². The molecular weight excluding hydrogens is 408 g/mol. The van der Waals surface area contributed by atoms with E-state index >= 15 is 0 Å². The van der Waals surface area contributed by atoms with Crippen molar-refractivity contribution in [2.75, 3.05) is 46.0 Å². The largest absolute Gasteiger partial charge is 0.395 e. The van der Waals surface area contributed by atoms with Gasteiger partial charge < -0.3 is 14.7 Å². The Bertz CT molecular complexity index is 943. The molecule has 0 spiro atoms. The Morgan fingerprint density at radius 1 is 0.879 bits per heavy atom. The molecule has 3 aliphatic heterocycles. The van der Waals surface area contributed by atoms with Crippen molar-refractivity contribution in [2.24, 2.45) is 5.92 Å². The van der Waals surface area contributed by atoms with Gasteiger partial charge in [0, 0.05) is 55.4 Å². The second kappa shape index (κ2) is 10.8. The second-order valence-corrected chi connectivity index (χ2v) is 9.84. The average molecular weight is 445 g/mol. The van der Waals surface area contributed by atoms with E-state index in [1.807, 2.05) is 30.3 Å². The molecule has 0 radical (unpaired) electrons. The van der Waals surface area contributed by atoms with Gasteiger partial charge in [-0.2, -0.15) is 0 Å². The quantitative estimate of drug-likeness (QED) is 0.729. The zero-order valence-electron chi connectivity index (χ0n) is 19.5. The molecule has 3 fully saturated rings. The second-order valence-electron chi connectivity index (χ2n) is 9.84. The van der Waals surface area contributed by atoms with Crippen LogP contribution in [0.25, 0.3) is 0 Å². The fraction of sp³-hybridized carbons (Fsp3) is 0.517. The van der Waals surface area contributed by atoms with Gasteiger partial charge in [0.1, 0.15) is 0 Å². The number of ether oxygens (including phenoxy) is 1. The monoisotopic (exact) mass is 444 g/mol. The van der Waals surface area contributed by atoms with Gasteiger partial charge in [-0.3, -0.25) is 4.90 Å². The Balaban J connectivity index is 1.29. The van der Waals surface area contributed by atoms with Gasteiger partial charge in [-0.1, -0.05) is 42.2 Å². The zero-order valence-corrected chi connectivity index (χ0v) is 19.5. The maximum absolute atomic E-state index is 10.2. The van der Waals surface area contributed by atoms with Crippen LogP contribution in [0.3, 0.4) is 0 Å². The van der Waals surface area contributed by atoms with Crippen molar-refractivity contribution in [2.45, 2.75) is 43.7 Å². The maximum atomic E-state index is 10.2. The van der Waals surface area contributed by atoms with Crippen LogP contribution >= 0.6 is 0 Å². The minimum Gasteiger partial charge on any atom is -0.395 e. The van der Waals surface area contributed by atoms with Crippen LogP contribution in [0.1, 0.15) is 48.3 Å². The molecule has 4 nitrogen and oxygen atoms in total. The molecule has 3 heterocycles. The summed E-state index contributed by atoms with van der Waals surface area (Å²) in [4.78, 5) is 5.27. The average Bonchev–Trinajstić information content (AvgIpc) is 2.85. The molecule has 3 aliphatic rings. The number of nitrogens with zero attached hydrogens (tertiary/aromatic N) is 2. The smallest absolute Gasteiger partial charge is 0.0593 e. The molecule has 0 amide bonds. The first-order valence-corrected chi connectivity index (χ1v) is 12.7. The number of aliphatic hydroxyl groups is 1. The predicted molar refractivity (Wildman–Crippen MR) is 132 cm³/mol. The fourth-order valence-electron chi connectivity index (χ4n) is 5.93. The first-order valence-electron chi connectivity index (χ1n) is 12.7. The number of rotatable bonds is 4. The van der Waals surface area contributed by atoms with Gasteiger partial charge in [-0.15, -0.1) is 0 Å². The Labute approximate surface area is 198 Å². The molecule has 0 aromatic heterocycles. The number of hydrogen-bond donors (Lipinski definition) is 1. The Hall–Kier alpha value is -2.16. The minimum atomic E-state index is 0.233. The highest BCUT2D eigenvalue weighted by molar-refractivity contribution is 5.44. The molecule has 33 heavy (non-hydrogen) atoms. The van der Waals surface area contributed by atoms with Crippen molar-refractivity contribution in [3.8, 4) is 11.8 Å². The van der Waals surface area contributed by atoms with Crippen molar-refractivity contribution in [1.82, 2.24) is 9.80 Å². The van der Waals surface area contributed by atoms with E-state index in [1.165, 1.54) is 44.3 Å². The van der Waals surface area contributed by atoms with Crippen molar-refractivity contribution in [3.05, 3.63) is 71.3 Å². The van der Waals surface area contributed by atoms with E-state index in [2.05, 4.69) is 45.9 Å². The zero-order chi connectivity index (χ0) is 22.5. The van der Waals surface area contributed by atoms with Gasteiger partial charge in [0.2, 0.25) is 0 Å². The summed E-state index contributed by atoms with van der Waals surface area (Å²) in [7, 11) is 0. The lowest BCUT2D eigenvalue weighted by molar-refractivity contribution is -0.0677. The molecule has 0 bridgehead atoms. The topological polar surface area (TPSA) is 35.9 Å². The van der Waals surface area contributed by atoms with Crippen molar-refractivity contribution in [3.63, 3.8) is 0 Å². The van der Waals surface area contributed by atoms with E-state index < -0.39 is 0 Å². The SMILES string of the molecule is OC[C@@H]1[C@H](c2ccc(C#Cc3ccccc3)cc2)[C@@H]2CN(CC3CCOCC3)CCCCN12. The lowest BCUT2D eigenvalue weighted by atomic mass is 9.74. The Kier molecular flexibility index (Phi) is 7.43. The van der Waals surface area contributed by atoms with E-state index in [9.17, 15) is 5.11 Å². The summed E-state index contributed by atoms with van der Waals surface area (Å²) in [5, 5.41) is 10.2. The molecule has 5 rings (SSSR count). The van der Waals surface area contributed by atoms with Crippen LogP contribution in [0.2, 0.25) is 0 Å². The third-order valence-electron chi connectivity index (χ3n) is 7.73. The molecule has 3 saturated heterocycles. The third-order valence-corrected chi connectivity index (χ3v) is 7.73. The van der Waals surface area contributed by atoms with Gasteiger partial charge in [0.25, 0.3) is 0 Å². The predicted octanol–water partition coefficient (Wildman–Crippen LogP) is 3.74. The summed E-state index contributed by atoms with van der Waals surface area (Å²) >= 11 is 0. The van der Waals surface area contributed by atoms with E-state index in [1.54, 1.807) is 0 Å². The Morgan fingerprint density at radius 3 is 2.30 bits per heavy atom. The van der Waals surface area contributed by atoms with Crippen LogP contribution in [0.15, 0.2) is 54.6 Å². The number of benzene rings is 2. The molecule has 174 valence electrons. The normalized spacial score (nSPS) is 26.9. The van der Waals surface area contributed by atoms with Crippen LogP contribution in [-0.2, 0) is 4.74 Å². The van der Waals surface area contributed by atoms with Gasteiger partial charge in [-0.05, 0) is 74.5 Å². The molecule has 2 aromatic carbocycles. The van der Waals surface area contributed by atoms with E-state index in [-0.39, 0.29) is 12.6 Å². The lowest BCUT2D eigenvalue weighted by Crippen LogP contribution is -2.67. The van der Waals surface area contributed by atoms with E-state index in [4.69, 9.17) is 4.74 Å². The van der Waals surface area contributed by atoms with Crippen LogP contribution in [0, 0.1) is 17.8 Å². The molecule has 3 atom stereocenters. The molecule has 2 aromatic rings. The van der Waals surface area contributed by atoms with E-state index in [0.717, 1.165) is 43.3 Å². The summed E-state index contributed by atoms with van der Waals surface area (Å²) in [5.74, 6) is 7.69. The van der Waals surface area contributed by atoms with Crippen LogP contribution < -0.4 is 0 Å². The minimum absolute atomic E-state index is 0.233. The molecule has 4 heteroatoms. The summed E-state index contributed by atoms with van der Waals surface area (Å²) in [6.07, 6.45) is 4.86. The van der Waals surface area contributed by atoms with Crippen molar-refractivity contribution in [1.29, 1.82) is 0 Å². The van der Waals surface area contributed by atoms with Crippen LogP contribution in [0.4, 0.5) is 0 Å². The molecule has 1 N–H and O–H groups in total. The lowest BCUT2D eigenvalue weighted by Gasteiger charge is -2.57. The molecule has 0 saturated carbocycles. The fourth-order valence-corrected chi connectivity index (χ4v) is 5.93. The number of aliphatic hydroxyl groups excluding tert-OH is 1. The van der Waals surface area contributed by atoms with E-state index in [0.29, 0.717) is 12.0 Å². The van der Waals surface area contributed by atoms with Crippen molar-refractivity contribution < 1.29 is 9.84 Å². The van der Waals surface area contributed by atoms with Crippen molar-refractivity contribution >= 4 is 0 Å². The van der Waals surface area contributed by atoms with Gasteiger partial charge in [-0.25, -0.2) is 0 Å². The van der Waals surface area contributed by atoms with Crippen LogP contribution in [-0.4, -0.2) is 73.0 Å². The first-order chi connectivity index (χ1) is 16.3. The van der Waals surface area contributed by atoms with Gasteiger partial charge in [0.15, 0.2) is 0 Å². The number of fused-ring (bicyclic) bond motifs is 1. The first kappa shape index (κ1) is 22.6. The highest BCUT2D eigenvalue weighted by atomic mass is 16.5. The summed E-state index contributed by atoms with van der Waals surface area (Å²) in [6, 6.07) is 19.6. The standard InChI is InChI=1S/C29H36N2O2/c32-22-28-29(26-12-10-24(11-13-26)9-8-23-6-2-1-3-7-23)27-21-30(16-4-5-17-31(27)28)20-25-14-18-33-19-15-25/h1-3,6-7,10-13,25,27-29,32H,4-5,14-22H2/t27-,28+,29+/m0/s1. The summed E-state index contributed by atoms with van der Waals surface area (Å²) in [5.41, 5.74) is 3.42. The Morgan fingerprint density at radius 2 is 1.58 bits per heavy atom. The molecule has 0 aliphatic carbocycles. The maximum Gasteiger partial charge on any atom is 0.0593 e. The summed E-state index contributed by atoms with van der Waals surface area (Å²) in [6.45, 7) is 6.68. The molecular formula is C29H36N2O2. The molecule has 0 unspecified atom stereocenters. The highest BCUT2D eigenvalue weighted by Gasteiger charge is 2.49. The van der Waals surface area contributed by atoms with Gasteiger partial charge in [0.05, 0.1) is 6.61 Å². The number of hydrogen-bond acceptors (Lipinski definition) is 4.